The molecule has 1 fully saturated rings. The van der Waals surface area contributed by atoms with E-state index in [1.807, 2.05) is 24.3 Å². The topological polar surface area (TPSA) is 32.3 Å². The maximum absolute atomic E-state index is 13.1. The van der Waals surface area contributed by atoms with Crippen LogP contribution in [0.1, 0.15) is 10.9 Å². The molecule has 1 unspecified atom stereocenters. The van der Waals surface area contributed by atoms with Crippen LogP contribution in [0.15, 0.2) is 53.0 Å². The zero-order valence-corrected chi connectivity index (χ0v) is 14.0. The highest BCUT2D eigenvalue weighted by atomic mass is 79.9. The SMILES string of the molecule is O=C(Nc1ccccc1Br)N1CCSC1c1ccc(F)cc1. The molecule has 0 radical (unpaired) electrons. The van der Waals surface area contributed by atoms with E-state index in [0.29, 0.717) is 6.54 Å². The van der Waals surface area contributed by atoms with E-state index in [1.165, 1.54) is 12.1 Å². The molecular weight excluding hydrogens is 367 g/mol. The zero-order chi connectivity index (χ0) is 15.5. The molecule has 0 spiro atoms. The molecular formula is C16H14BrFN2OS. The number of hydrogen-bond acceptors (Lipinski definition) is 2. The second-order valence-electron chi connectivity index (χ2n) is 4.88. The number of halogens is 2. The van der Waals surface area contributed by atoms with Crippen LogP contribution in [-0.4, -0.2) is 23.2 Å². The molecule has 2 amide bonds. The molecule has 1 saturated heterocycles. The van der Waals surface area contributed by atoms with Crippen molar-refractivity contribution in [3.63, 3.8) is 0 Å². The van der Waals surface area contributed by atoms with Crippen molar-refractivity contribution < 1.29 is 9.18 Å². The third-order valence-electron chi connectivity index (χ3n) is 3.42. The lowest BCUT2D eigenvalue weighted by Gasteiger charge is -2.24. The summed E-state index contributed by atoms with van der Waals surface area (Å²) < 4.78 is 13.9. The van der Waals surface area contributed by atoms with Gasteiger partial charge in [-0.25, -0.2) is 9.18 Å². The average Bonchev–Trinajstić information content (AvgIpc) is 3.00. The van der Waals surface area contributed by atoms with Gasteiger partial charge in [-0.3, -0.25) is 0 Å². The number of carbonyl (C=O) groups is 1. The van der Waals surface area contributed by atoms with Crippen molar-refractivity contribution in [2.45, 2.75) is 5.37 Å². The van der Waals surface area contributed by atoms with E-state index in [4.69, 9.17) is 0 Å². The third kappa shape index (κ3) is 3.28. The van der Waals surface area contributed by atoms with Crippen LogP contribution in [-0.2, 0) is 0 Å². The summed E-state index contributed by atoms with van der Waals surface area (Å²) in [5, 5.41) is 2.84. The number of rotatable bonds is 2. The molecule has 1 N–H and O–H groups in total. The molecule has 6 heteroatoms. The fourth-order valence-electron chi connectivity index (χ4n) is 2.33. The van der Waals surface area contributed by atoms with Crippen molar-refractivity contribution in [2.75, 3.05) is 17.6 Å². The Morgan fingerprint density at radius 1 is 1.23 bits per heavy atom. The molecule has 1 atom stereocenters. The number of thioether (sulfide) groups is 1. The number of benzene rings is 2. The standard InChI is InChI=1S/C16H14BrFN2OS/c17-13-3-1-2-4-14(13)19-16(21)20-9-10-22-15(20)11-5-7-12(18)8-6-11/h1-8,15H,9-10H2,(H,19,21). The summed E-state index contributed by atoms with van der Waals surface area (Å²) in [7, 11) is 0. The average molecular weight is 381 g/mol. The fourth-order valence-corrected chi connectivity index (χ4v) is 3.97. The van der Waals surface area contributed by atoms with Gasteiger partial charge in [0.15, 0.2) is 0 Å². The lowest BCUT2D eigenvalue weighted by atomic mass is 10.2. The van der Waals surface area contributed by atoms with Crippen molar-refractivity contribution in [3.8, 4) is 0 Å². The Kier molecular flexibility index (Phi) is 4.69. The molecule has 3 rings (SSSR count). The normalized spacial score (nSPS) is 17.5. The Morgan fingerprint density at radius 2 is 1.95 bits per heavy atom. The van der Waals surface area contributed by atoms with Gasteiger partial charge in [-0.15, -0.1) is 11.8 Å². The van der Waals surface area contributed by atoms with Crippen LogP contribution < -0.4 is 5.32 Å². The summed E-state index contributed by atoms with van der Waals surface area (Å²) in [5.74, 6) is 0.599. The summed E-state index contributed by atoms with van der Waals surface area (Å²) in [6.07, 6.45) is 0. The van der Waals surface area contributed by atoms with Gasteiger partial charge in [0.2, 0.25) is 0 Å². The van der Waals surface area contributed by atoms with E-state index in [1.54, 1.807) is 28.8 Å². The van der Waals surface area contributed by atoms with Gasteiger partial charge >= 0.3 is 6.03 Å². The Hall–Kier alpha value is -1.53. The predicted molar refractivity (Wildman–Crippen MR) is 91.5 cm³/mol. The number of urea groups is 1. The molecule has 0 saturated carbocycles. The molecule has 0 aromatic heterocycles. The van der Waals surface area contributed by atoms with E-state index < -0.39 is 0 Å². The first kappa shape index (κ1) is 15.4. The lowest BCUT2D eigenvalue weighted by molar-refractivity contribution is 0.214. The summed E-state index contributed by atoms with van der Waals surface area (Å²) in [6.45, 7) is 0.670. The van der Waals surface area contributed by atoms with E-state index in [2.05, 4.69) is 21.2 Å². The van der Waals surface area contributed by atoms with Crippen molar-refractivity contribution in [1.29, 1.82) is 0 Å². The van der Waals surface area contributed by atoms with Crippen LogP contribution in [0, 0.1) is 5.82 Å². The molecule has 2 aromatic rings. The van der Waals surface area contributed by atoms with Crippen LogP contribution in [0.25, 0.3) is 0 Å². The number of nitrogens with one attached hydrogen (secondary N) is 1. The number of para-hydroxylation sites is 1. The van der Waals surface area contributed by atoms with Crippen molar-refractivity contribution in [2.24, 2.45) is 0 Å². The molecule has 1 aliphatic rings. The summed E-state index contributed by atoms with van der Waals surface area (Å²) in [4.78, 5) is 14.3. The highest BCUT2D eigenvalue weighted by Crippen LogP contribution is 2.38. The number of amides is 2. The first-order chi connectivity index (χ1) is 10.6. The van der Waals surface area contributed by atoms with E-state index >= 15 is 0 Å². The number of anilines is 1. The monoisotopic (exact) mass is 380 g/mol. The van der Waals surface area contributed by atoms with E-state index in [-0.39, 0.29) is 17.2 Å². The summed E-state index contributed by atoms with van der Waals surface area (Å²) in [5.41, 5.74) is 1.67. The Balaban J connectivity index is 1.76. The van der Waals surface area contributed by atoms with Gasteiger partial charge in [0.1, 0.15) is 11.2 Å². The van der Waals surface area contributed by atoms with Gasteiger partial charge in [0.25, 0.3) is 0 Å². The summed E-state index contributed by atoms with van der Waals surface area (Å²) in [6, 6.07) is 13.7. The highest BCUT2D eigenvalue weighted by Gasteiger charge is 2.30. The van der Waals surface area contributed by atoms with E-state index in [0.717, 1.165) is 21.5 Å². The van der Waals surface area contributed by atoms with Crippen LogP contribution in [0.3, 0.4) is 0 Å². The molecule has 3 nitrogen and oxygen atoms in total. The number of nitrogens with zero attached hydrogens (tertiary/aromatic N) is 1. The second kappa shape index (κ2) is 6.71. The van der Waals surface area contributed by atoms with Crippen molar-refractivity contribution >= 4 is 39.4 Å². The van der Waals surface area contributed by atoms with Gasteiger partial charge in [-0.2, -0.15) is 0 Å². The van der Waals surface area contributed by atoms with Crippen molar-refractivity contribution in [1.82, 2.24) is 4.90 Å². The third-order valence-corrected chi connectivity index (χ3v) is 5.37. The highest BCUT2D eigenvalue weighted by molar-refractivity contribution is 9.10. The molecule has 1 heterocycles. The first-order valence-electron chi connectivity index (χ1n) is 6.84. The maximum Gasteiger partial charge on any atom is 0.323 e. The Morgan fingerprint density at radius 3 is 2.68 bits per heavy atom. The van der Waals surface area contributed by atoms with Crippen LogP contribution >= 0.6 is 27.7 Å². The quantitative estimate of drug-likeness (QED) is 0.805. The van der Waals surface area contributed by atoms with Gasteiger partial charge in [0.05, 0.1) is 5.69 Å². The molecule has 22 heavy (non-hydrogen) atoms. The minimum absolute atomic E-state index is 0.0805. The predicted octanol–water partition coefficient (Wildman–Crippen LogP) is 4.87. The van der Waals surface area contributed by atoms with Crippen LogP contribution in [0.2, 0.25) is 0 Å². The smallest absolute Gasteiger partial charge is 0.308 e. The molecule has 1 aliphatic heterocycles. The van der Waals surface area contributed by atoms with Gasteiger partial charge in [-0.1, -0.05) is 24.3 Å². The van der Waals surface area contributed by atoms with Crippen molar-refractivity contribution in [3.05, 3.63) is 64.4 Å². The number of hydrogen-bond donors (Lipinski definition) is 1. The van der Waals surface area contributed by atoms with Crippen LogP contribution in [0.5, 0.6) is 0 Å². The van der Waals surface area contributed by atoms with Gasteiger partial charge < -0.3 is 10.2 Å². The van der Waals surface area contributed by atoms with Gasteiger partial charge in [-0.05, 0) is 45.8 Å². The minimum atomic E-state index is -0.268. The zero-order valence-electron chi connectivity index (χ0n) is 11.6. The van der Waals surface area contributed by atoms with E-state index in [9.17, 15) is 9.18 Å². The minimum Gasteiger partial charge on any atom is -0.308 e. The molecule has 0 bridgehead atoms. The Bertz CT molecular complexity index is 680. The molecule has 2 aromatic carbocycles. The molecule has 0 aliphatic carbocycles. The largest absolute Gasteiger partial charge is 0.323 e. The Labute approximate surface area is 141 Å². The lowest BCUT2D eigenvalue weighted by Crippen LogP contribution is -2.34. The first-order valence-corrected chi connectivity index (χ1v) is 8.68. The second-order valence-corrected chi connectivity index (χ2v) is 6.92. The fraction of sp³-hybridized carbons (Fsp3) is 0.188. The van der Waals surface area contributed by atoms with Gasteiger partial charge in [0, 0.05) is 16.8 Å². The van der Waals surface area contributed by atoms with Crippen LogP contribution in [0.4, 0.5) is 14.9 Å². The maximum atomic E-state index is 13.1. The summed E-state index contributed by atoms with van der Waals surface area (Å²) >= 11 is 5.10. The number of carbonyl (C=O) groups excluding carboxylic acids is 1. The molecule has 114 valence electrons.